The minimum absolute atomic E-state index is 0. The molecule has 0 radical (unpaired) electrons. The van der Waals surface area contributed by atoms with E-state index in [-0.39, 0.29) is 28.6 Å². The molecule has 0 fully saturated rings. The molecule has 0 unspecified atom stereocenters. The van der Waals surface area contributed by atoms with Crippen molar-refractivity contribution in [3.63, 3.8) is 0 Å². The van der Waals surface area contributed by atoms with Crippen molar-refractivity contribution in [2.45, 2.75) is 6.92 Å². The van der Waals surface area contributed by atoms with E-state index in [0.717, 1.165) is 18.3 Å². The number of benzene rings is 3. The molecular formula is C25H26MnN2O6+5. The van der Waals surface area contributed by atoms with Gasteiger partial charge in [0.25, 0.3) is 17.3 Å². The SMILES string of the molecule is CC(=O)O.COc1ccc(/C=[N+]2\C/[N+](=C\c3ccc(OC)cc3O)c3ccccc32)c(O)c1.[Mn+3]. The smallest absolute Gasteiger partial charge is 0.507 e. The average Bonchev–Trinajstić information content (AvgIpc) is 3.13. The molecule has 1 aliphatic heterocycles. The number of phenols is 2. The Morgan fingerprint density at radius 2 is 1.21 bits per heavy atom. The monoisotopic (exact) mass is 505 g/mol. The van der Waals surface area contributed by atoms with E-state index in [1.165, 1.54) is 0 Å². The second kappa shape index (κ2) is 11.9. The van der Waals surface area contributed by atoms with Gasteiger partial charge in [-0.3, -0.25) is 4.79 Å². The Morgan fingerprint density at radius 3 is 1.53 bits per heavy atom. The van der Waals surface area contributed by atoms with Crippen LogP contribution in [0.15, 0.2) is 60.7 Å². The zero-order valence-corrected chi connectivity index (χ0v) is 20.2. The van der Waals surface area contributed by atoms with Gasteiger partial charge in [-0.25, -0.2) is 0 Å². The molecule has 0 saturated heterocycles. The summed E-state index contributed by atoms with van der Waals surface area (Å²) in [5.74, 6) is 0.673. The van der Waals surface area contributed by atoms with Crippen molar-refractivity contribution in [1.82, 2.24) is 0 Å². The van der Waals surface area contributed by atoms with E-state index in [4.69, 9.17) is 19.4 Å². The number of phenolic OH excluding ortho intramolecular Hbond substituents is 2. The fraction of sp³-hybridized carbons (Fsp3) is 0.160. The average molecular weight is 505 g/mol. The van der Waals surface area contributed by atoms with Gasteiger partial charge in [-0.1, -0.05) is 12.1 Å². The first-order valence-corrected chi connectivity index (χ1v) is 10.1. The van der Waals surface area contributed by atoms with Gasteiger partial charge < -0.3 is 24.8 Å². The number of fused-ring (bicyclic) bond motifs is 1. The molecule has 8 nitrogen and oxygen atoms in total. The van der Waals surface area contributed by atoms with Crippen LogP contribution in [0.3, 0.4) is 0 Å². The molecule has 0 bridgehead atoms. The number of rotatable bonds is 4. The zero-order valence-electron chi connectivity index (χ0n) is 19.0. The summed E-state index contributed by atoms with van der Waals surface area (Å²) < 4.78 is 14.4. The molecule has 0 atom stereocenters. The molecular weight excluding hydrogens is 479 g/mol. The maximum Gasteiger partial charge on any atom is 3.00 e. The number of aromatic hydroxyl groups is 2. The van der Waals surface area contributed by atoms with Gasteiger partial charge in [0.15, 0.2) is 12.4 Å². The van der Waals surface area contributed by atoms with E-state index in [1.807, 2.05) is 70.1 Å². The first-order chi connectivity index (χ1) is 15.8. The van der Waals surface area contributed by atoms with Crippen LogP contribution < -0.4 is 9.47 Å². The molecule has 3 aromatic rings. The van der Waals surface area contributed by atoms with Crippen LogP contribution in [0.4, 0.5) is 11.4 Å². The summed E-state index contributed by atoms with van der Waals surface area (Å²) in [7, 11) is 3.13. The first kappa shape index (κ1) is 26.4. The van der Waals surface area contributed by atoms with Gasteiger partial charge in [0, 0.05) is 31.2 Å². The number of carbonyl (C=O) groups is 1. The van der Waals surface area contributed by atoms with Crippen molar-refractivity contribution >= 4 is 29.8 Å². The normalized spacial score (nSPS) is 14.0. The van der Waals surface area contributed by atoms with Crippen molar-refractivity contribution in [2.24, 2.45) is 0 Å². The molecule has 0 aromatic heterocycles. The Morgan fingerprint density at radius 1 is 0.824 bits per heavy atom. The molecule has 0 amide bonds. The van der Waals surface area contributed by atoms with Gasteiger partial charge >= 0.3 is 23.7 Å². The van der Waals surface area contributed by atoms with E-state index in [2.05, 4.69) is 0 Å². The fourth-order valence-corrected chi connectivity index (χ4v) is 3.34. The molecule has 9 heteroatoms. The summed E-state index contributed by atoms with van der Waals surface area (Å²) in [6.45, 7) is 1.62. The quantitative estimate of drug-likeness (QED) is 0.369. The maximum atomic E-state index is 10.3. The van der Waals surface area contributed by atoms with Crippen molar-refractivity contribution in [3.05, 3.63) is 71.8 Å². The maximum absolute atomic E-state index is 10.3. The van der Waals surface area contributed by atoms with E-state index < -0.39 is 5.97 Å². The molecule has 1 heterocycles. The molecule has 0 aliphatic carbocycles. The van der Waals surface area contributed by atoms with Crippen LogP contribution in [-0.2, 0) is 21.9 Å². The molecule has 0 saturated carbocycles. The summed E-state index contributed by atoms with van der Waals surface area (Å²) in [4.78, 5) is 9.00. The van der Waals surface area contributed by atoms with Gasteiger partial charge in [-0.2, -0.15) is 0 Å². The van der Waals surface area contributed by atoms with Crippen LogP contribution in [0, 0.1) is 0 Å². The molecule has 0 spiro atoms. The van der Waals surface area contributed by atoms with Crippen molar-refractivity contribution < 1.29 is 55.8 Å². The summed E-state index contributed by atoms with van der Waals surface area (Å²) >= 11 is 0. The number of para-hydroxylation sites is 2. The first-order valence-electron chi connectivity index (χ1n) is 10.1. The molecule has 34 heavy (non-hydrogen) atoms. The Bertz CT molecular complexity index is 1150. The van der Waals surface area contributed by atoms with Gasteiger partial charge in [-0.15, -0.1) is 9.15 Å². The third-order valence-corrected chi connectivity index (χ3v) is 4.87. The van der Waals surface area contributed by atoms with Gasteiger partial charge in [0.05, 0.1) is 25.3 Å². The van der Waals surface area contributed by atoms with Crippen LogP contribution >= 0.6 is 0 Å². The van der Waals surface area contributed by atoms with E-state index in [1.54, 1.807) is 26.4 Å². The van der Waals surface area contributed by atoms with Gasteiger partial charge in [-0.05, 0) is 24.3 Å². The Kier molecular flexibility index (Phi) is 9.24. The van der Waals surface area contributed by atoms with Crippen LogP contribution in [0.2, 0.25) is 0 Å². The van der Waals surface area contributed by atoms with E-state index in [9.17, 15) is 10.2 Å². The van der Waals surface area contributed by atoms with E-state index in [0.29, 0.717) is 29.3 Å². The van der Waals surface area contributed by atoms with Crippen molar-refractivity contribution in [2.75, 3.05) is 20.9 Å². The third kappa shape index (κ3) is 6.37. The van der Waals surface area contributed by atoms with Gasteiger partial charge in [0.2, 0.25) is 0 Å². The van der Waals surface area contributed by atoms with Crippen LogP contribution in [-0.4, -0.2) is 63.8 Å². The second-order valence-corrected chi connectivity index (χ2v) is 7.20. The van der Waals surface area contributed by atoms with Crippen LogP contribution in [0.1, 0.15) is 18.1 Å². The minimum atomic E-state index is -0.833. The number of carboxylic acids is 1. The second-order valence-electron chi connectivity index (χ2n) is 7.20. The summed E-state index contributed by atoms with van der Waals surface area (Å²) in [5.41, 5.74) is 3.39. The number of methoxy groups -OCH3 is 2. The Labute approximate surface area is 208 Å². The molecule has 3 aromatic carbocycles. The predicted molar refractivity (Wildman–Crippen MR) is 124 cm³/mol. The third-order valence-electron chi connectivity index (χ3n) is 4.87. The Hall–Kier alpha value is -3.81. The van der Waals surface area contributed by atoms with Crippen LogP contribution in [0.25, 0.3) is 0 Å². The molecule has 3 N–H and O–H groups in total. The predicted octanol–water partition coefficient (Wildman–Crippen LogP) is 3.70. The minimum Gasteiger partial charge on any atom is -0.507 e. The number of hydrogen-bond donors (Lipinski definition) is 3. The van der Waals surface area contributed by atoms with Gasteiger partial charge in [0.1, 0.15) is 23.0 Å². The molecule has 174 valence electrons. The number of carboxylic acid groups (broad SMARTS) is 1. The number of ether oxygens (including phenoxy) is 2. The summed E-state index contributed by atoms with van der Waals surface area (Å²) in [6.07, 6.45) is 3.80. The number of nitrogens with zero attached hydrogens (tertiary/aromatic N) is 2. The largest absolute Gasteiger partial charge is 3.00 e. The Balaban J connectivity index is 0.000000758. The van der Waals surface area contributed by atoms with Crippen molar-refractivity contribution in [1.29, 1.82) is 0 Å². The summed E-state index contributed by atoms with van der Waals surface area (Å²) in [5, 5.41) is 28.0. The fourth-order valence-electron chi connectivity index (χ4n) is 3.34. The molecule has 1 aliphatic rings. The van der Waals surface area contributed by atoms with Crippen LogP contribution in [0.5, 0.6) is 23.0 Å². The molecule has 4 rings (SSSR count). The number of hydrogen-bond acceptors (Lipinski definition) is 5. The van der Waals surface area contributed by atoms with Crippen molar-refractivity contribution in [3.8, 4) is 23.0 Å². The number of aliphatic carboxylic acids is 1. The topological polar surface area (TPSA) is 102 Å². The zero-order chi connectivity index (χ0) is 24.0. The summed E-state index contributed by atoms with van der Waals surface area (Å²) in [6, 6.07) is 18.4. The van der Waals surface area contributed by atoms with E-state index >= 15 is 0 Å². The standard InChI is InChI=1S/C23H20N2O4.C2H4O2.Mn/c1-28-18-9-7-16(22(26)11-18)13-24-15-25(21-6-4-3-5-20(21)24)14-17-8-10-19(29-2)12-23(17)27;1-2(3)4;/h3-14H,15H2,1-2H3;1H3,(H,3,4);/q;;+3/p+2.